The highest BCUT2D eigenvalue weighted by Gasteiger charge is 2.11. The molecule has 0 aliphatic carbocycles. The van der Waals surface area contributed by atoms with Gasteiger partial charge in [0.15, 0.2) is 5.78 Å². The van der Waals surface area contributed by atoms with E-state index in [2.05, 4.69) is 13.8 Å². The predicted octanol–water partition coefficient (Wildman–Crippen LogP) is 4.06. The molecule has 0 N–H and O–H groups in total. The number of methoxy groups -OCH3 is 1. The number of Topliss-reactive ketones (excluding diaryl/α,β-unsaturated/α-hetero) is 1. The molecular formula is C13H17ClO2S. The maximum absolute atomic E-state index is 11.9. The first-order valence-electron chi connectivity index (χ1n) is 5.56. The largest absolute Gasteiger partial charge is 0.495 e. The smallest absolute Gasteiger partial charge is 0.172 e. The molecule has 0 amide bonds. The molecule has 0 spiro atoms. The minimum Gasteiger partial charge on any atom is -0.495 e. The van der Waals surface area contributed by atoms with Gasteiger partial charge in [-0.25, -0.2) is 0 Å². The Morgan fingerprint density at radius 2 is 2.24 bits per heavy atom. The number of thioether (sulfide) groups is 1. The predicted molar refractivity (Wildman–Crippen MR) is 74.5 cm³/mol. The molecule has 2 nitrogen and oxygen atoms in total. The molecule has 0 saturated carbocycles. The topological polar surface area (TPSA) is 26.3 Å². The molecule has 1 aromatic carbocycles. The van der Waals surface area contributed by atoms with Gasteiger partial charge in [0.1, 0.15) is 5.75 Å². The highest BCUT2D eigenvalue weighted by atomic mass is 35.5. The fourth-order valence-electron chi connectivity index (χ4n) is 1.25. The normalized spacial score (nSPS) is 12.2. The standard InChI is InChI=1S/C13H17ClO2S/c1-4-9(2)17-8-12(15)10-5-6-11(14)13(7-10)16-3/h5-7,9H,4,8H2,1-3H3. The average Bonchev–Trinajstić information content (AvgIpc) is 2.35. The fraction of sp³-hybridized carbons (Fsp3) is 0.462. The van der Waals surface area contributed by atoms with Crippen LogP contribution >= 0.6 is 23.4 Å². The van der Waals surface area contributed by atoms with Crippen LogP contribution in [0.5, 0.6) is 5.75 Å². The molecule has 0 bridgehead atoms. The monoisotopic (exact) mass is 272 g/mol. The van der Waals surface area contributed by atoms with Crippen LogP contribution in [0.3, 0.4) is 0 Å². The van der Waals surface area contributed by atoms with Gasteiger partial charge in [0.05, 0.1) is 17.9 Å². The van der Waals surface area contributed by atoms with Crippen LogP contribution in [0.15, 0.2) is 18.2 Å². The Kier molecular flexibility index (Phi) is 5.86. The molecule has 0 heterocycles. The van der Waals surface area contributed by atoms with Crippen molar-refractivity contribution in [2.24, 2.45) is 0 Å². The molecule has 0 aromatic heterocycles. The summed E-state index contributed by atoms with van der Waals surface area (Å²) in [6.45, 7) is 4.24. The van der Waals surface area contributed by atoms with Crippen molar-refractivity contribution in [1.29, 1.82) is 0 Å². The summed E-state index contributed by atoms with van der Waals surface area (Å²) in [5.41, 5.74) is 0.655. The number of hydrogen-bond donors (Lipinski definition) is 0. The minimum atomic E-state index is 0.116. The quantitative estimate of drug-likeness (QED) is 0.731. The number of halogens is 1. The summed E-state index contributed by atoms with van der Waals surface area (Å²) in [5, 5.41) is 1.03. The second-order valence-electron chi connectivity index (χ2n) is 3.80. The molecule has 1 unspecified atom stereocenters. The molecule has 0 fully saturated rings. The summed E-state index contributed by atoms with van der Waals surface area (Å²) in [7, 11) is 1.55. The van der Waals surface area contributed by atoms with Gasteiger partial charge >= 0.3 is 0 Å². The van der Waals surface area contributed by atoms with E-state index >= 15 is 0 Å². The lowest BCUT2D eigenvalue weighted by Gasteiger charge is -2.08. The van der Waals surface area contributed by atoms with Crippen molar-refractivity contribution in [3.8, 4) is 5.75 Å². The lowest BCUT2D eigenvalue weighted by molar-refractivity contribution is 0.102. The van der Waals surface area contributed by atoms with Crippen LogP contribution in [-0.2, 0) is 0 Å². The van der Waals surface area contributed by atoms with Crippen molar-refractivity contribution < 1.29 is 9.53 Å². The fourth-order valence-corrected chi connectivity index (χ4v) is 2.29. The molecular weight excluding hydrogens is 256 g/mol. The van der Waals surface area contributed by atoms with Gasteiger partial charge in [-0.05, 0) is 24.6 Å². The zero-order valence-corrected chi connectivity index (χ0v) is 11.9. The third kappa shape index (κ3) is 4.25. The Morgan fingerprint density at radius 3 is 2.82 bits per heavy atom. The summed E-state index contributed by atoms with van der Waals surface area (Å²) in [6, 6.07) is 5.13. The zero-order valence-electron chi connectivity index (χ0n) is 10.3. The lowest BCUT2D eigenvalue weighted by Crippen LogP contribution is -2.06. The molecule has 17 heavy (non-hydrogen) atoms. The first-order chi connectivity index (χ1) is 8.08. The summed E-state index contributed by atoms with van der Waals surface area (Å²) in [5.74, 6) is 1.16. The van der Waals surface area contributed by atoms with E-state index in [1.54, 1.807) is 37.1 Å². The number of rotatable bonds is 6. The van der Waals surface area contributed by atoms with Gasteiger partial charge < -0.3 is 4.74 Å². The average molecular weight is 273 g/mol. The number of carbonyl (C=O) groups excluding carboxylic acids is 1. The van der Waals surface area contributed by atoms with Gasteiger partial charge in [-0.2, -0.15) is 11.8 Å². The third-order valence-electron chi connectivity index (χ3n) is 2.55. The van der Waals surface area contributed by atoms with E-state index in [4.69, 9.17) is 16.3 Å². The van der Waals surface area contributed by atoms with Crippen LogP contribution in [0.1, 0.15) is 30.6 Å². The van der Waals surface area contributed by atoms with Gasteiger partial charge in [0.2, 0.25) is 0 Å². The number of hydrogen-bond acceptors (Lipinski definition) is 3. The second kappa shape index (κ2) is 6.92. The molecule has 0 saturated heterocycles. The summed E-state index contributed by atoms with van der Waals surface area (Å²) in [4.78, 5) is 11.9. The van der Waals surface area contributed by atoms with Crippen molar-refractivity contribution in [3.63, 3.8) is 0 Å². The van der Waals surface area contributed by atoms with Gasteiger partial charge in [0, 0.05) is 10.8 Å². The number of carbonyl (C=O) groups is 1. The molecule has 94 valence electrons. The number of benzene rings is 1. The Labute approximate surface area is 112 Å². The Morgan fingerprint density at radius 1 is 1.53 bits per heavy atom. The van der Waals surface area contributed by atoms with E-state index in [1.807, 2.05) is 0 Å². The minimum absolute atomic E-state index is 0.116. The van der Waals surface area contributed by atoms with E-state index in [1.165, 1.54) is 0 Å². The van der Waals surface area contributed by atoms with Gasteiger partial charge in [-0.15, -0.1) is 0 Å². The Balaban J connectivity index is 2.69. The highest BCUT2D eigenvalue weighted by molar-refractivity contribution is 8.00. The van der Waals surface area contributed by atoms with Crippen molar-refractivity contribution in [3.05, 3.63) is 28.8 Å². The van der Waals surface area contributed by atoms with Crippen LogP contribution in [0.25, 0.3) is 0 Å². The molecule has 0 aliphatic rings. The summed E-state index contributed by atoms with van der Waals surface area (Å²) < 4.78 is 5.09. The Hall–Kier alpha value is -0.670. The molecule has 4 heteroatoms. The van der Waals surface area contributed by atoms with Crippen LogP contribution in [0.2, 0.25) is 5.02 Å². The summed E-state index contributed by atoms with van der Waals surface area (Å²) >= 11 is 7.58. The second-order valence-corrected chi connectivity index (χ2v) is 5.64. The van der Waals surface area contributed by atoms with Crippen molar-refractivity contribution in [2.45, 2.75) is 25.5 Å². The first-order valence-corrected chi connectivity index (χ1v) is 6.99. The van der Waals surface area contributed by atoms with Crippen LogP contribution in [0.4, 0.5) is 0 Å². The van der Waals surface area contributed by atoms with E-state index in [0.29, 0.717) is 27.3 Å². The Bertz CT molecular complexity index is 393. The molecule has 0 radical (unpaired) electrons. The summed E-state index contributed by atoms with van der Waals surface area (Å²) in [6.07, 6.45) is 1.07. The van der Waals surface area contributed by atoms with Crippen LogP contribution in [0, 0.1) is 0 Å². The SMILES string of the molecule is CCC(C)SCC(=O)c1ccc(Cl)c(OC)c1. The maximum atomic E-state index is 11.9. The zero-order chi connectivity index (χ0) is 12.8. The molecule has 1 atom stereocenters. The van der Waals surface area contributed by atoms with Crippen LogP contribution in [-0.4, -0.2) is 23.9 Å². The molecule has 1 rings (SSSR count). The lowest BCUT2D eigenvalue weighted by atomic mass is 10.1. The highest BCUT2D eigenvalue weighted by Crippen LogP contribution is 2.26. The third-order valence-corrected chi connectivity index (χ3v) is 4.19. The van der Waals surface area contributed by atoms with E-state index in [-0.39, 0.29) is 5.78 Å². The van der Waals surface area contributed by atoms with Crippen LogP contribution < -0.4 is 4.74 Å². The first kappa shape index (κ1) is 14.4. The molecule has 1 aromatic rings. The van der Waals surface area contributed by atoms with E-state index in [0.717, 1.165) is 6.42 Å². The van der Waals surface area contributed by atoms with Gasteiger partial charge in [-0.1, -0.05) is 25.4 Å². The number of ether oxygens (including phenoxy) is 1. The van der Waals surface area contributed by atoms with Gasteiger partial charge in [0.25, 0.3) is 0 Å². The maximum Gasteiger partial charge on any atom is 0.172 e. The van der Waals surface area contributed by atoms with E-state index < -0.39 is 0 Å². The van der Waals surface area contributed by atoms with Crippen molar-refractivity contribution in [1.82, 2.24) is 0 Å². The van der Waals surface area contributed by atoms with E-state index in [9.17, 15) is 4.79 Å². The van der Waals surface area contributed by atoms with Crippen molar-refractivity contribution >= 4 is 29.1 Å². The van der Waals surface area contributed by atoms with Gasteiger partial charge in [-0.3, -0.25) is 4.79 Å². The number of ketones is 1. The van der Waals surface area contributed by atoms with Crippen molar-refractivity contribution in [2.75, 3.05) is 12.9 Å². The molecule has 0 aliphatic heterocycles.